The molecule has 1 heterocycles. The number of carbonyl (C=O) groups is 3. The topological polar surface area (TPSA) is 144 Å². The molecule has 1 atom stereocenters. The van der Waals surface area contributed by atoms with E-state index >= 15 is 0 Å². The molecule has 3 rings (SSSR count). The number of hydrogen-bond acceptors (Lipinski definition) is 7. The van der Waals surface area contributed by atoms with Gasteiger partial charge in [-0.2, -0.15) is 13.2 Å². The minimum Gasteiger partial charge on any atom is -0.493 e. The fourth-order valence-corrected chi connectivity index (χ4v) is 5.24. The number of halogens is 3. The number of likely N-dealkylation sites (tertiary alicyclic amines) is 1. The number of aliphatic imine (C=N–C) groups is 1. The molecule has 13 heteroatoms. The van der Waals surface area contributed by atoms with Crippen LogP contribution in [0.25, 0.3) is 0 Å². The van der Waals surface area contributed by atoms with Gasteiger partial charge in [0.05, 0.1) is 20.6 Å². The van der Waals surface area contributed by atoms with E-state index in [2.05, 4.69) is 22.3 Å². The van der Waals surface area contributed by atoms with Crippen LogP contribution in [0.3, 0.4) is 0 Å². The van der Waals surface area contributed by atoms with E-state index in [1.54, 1.807) is 26.4 Å². The summed E-state index contributed by atoms with van der Waals surface area (Å²) in [5.74, 6) is -0.795. The normalized spacial score (nSPS) is 17.9. The third kappa shape index (κ3) is 12.3. The molecule has 4 N–H and O–H groups in total. The minimum atomic E-state index is -5.08. The van der Waals surface area contributed by atoms with Crippen molar-refractivity contribution >= 4 is 23.6 Å². The first-order valence-electron chi connectivity index (χ1n) is 14.2. The van der Waals surface area contributed by atoms with Gasteiger partial charge in [-0.1, -0.05) is 38.2 Å². The first kappa shape index (κ1) is 34.8. The van der Waals surface area contributed by atoms with Crippen LogP contribution in [0.15, 0.2) is 23.2 Å². The van der Waals surface area contributed by atoms with Crippen LogP contribution in [0.1, 0.15) is 63.4 Å². The van der Waals surface area contributed by atoms with Crippen molar-refractivity contribution in [2.75, 3.05) is 34.4 Å². The van der Waals surface area contributed by atoms with Gasteiger partial charge in [-0.05, 0) is 68.9 Å². The molecule has 0 radical (unpaired) electrons. The molecule has 1 aromatic carbocycles. The zero-order valence-corrected chi connectivity index (χ0v) is 24.5. The molecule has 1 aliphatic carbocycles. The van der Waals surface area contributed by atoms with Crippen molar-refractivity contribution in [3.8, 4) is 11.5 Å². The number of nitrogens with two attached hydrogens (primary N) is 1. The molecule has 2 aliphatic rings. The van der Waals surface area contributed by atoms with E-state index in [0.717, 1.165) is 50.8 Å². The summed E-state index contributed by atoms with van der Waals surface area (Å²) < 4.78 is 42.3. The maximum Gasteiger partial charge on any atom is 0.490 e. The van der Waals surface area contributed by atoms with Gasteiger partial charge in [0, 0.05) is 6.42 Å². The van der Waals surface area contributed by atoms with Crippen LogP contribution in [0.4, 0.5) is 13.2 Å². The second kappa shape index (κ2) is 16.9. The van der Waals surface area contributed by atoms with Crippen LogP contribution in [0, 0.1) is 11.8 Å². The number of nitrogens with one attached hydrogen (secondary N) is 1. The van der Waals surface area contributed by atoms with E-state index in [-0.39, 0.29) is 24.1 Å². The zero-order valence-electron chi connectivity index (χ0n) is 24.5. The van der Waals surface area contributed by atoms with Gasteiger partial charge in [-0.25, -0.2) is 9.79 Å². The van der Waals surface area contributed by atoms with Gasteiger partial charge < -0.3 is 25.2 Å². The van der Waals surface area contributed by atoms with E-state index < -0.39 is 18.2 Å². The van der Waals surface area contributed by atoms with Gasteiger partial charge in [-0.15, -0.1) is 0 Å². The predicted molar refractivity (Wildman–Crippen MR) is 152 cm³/mol. The smallest absolute Gasteiger partial charge is 0.490 e. The molecule has 2 fully saturated rings. The van der Waals surface area contributed by atoms with Crippen LogP contribution in [0.2, 0.25) is 0 Å². The Morgan fingerprint density at radius 3 is 2.19 bits per heavy atom. The number of nitrogens with zero attached hydrogens (tertiary/aromatic N) is 2. The quantitative estimate of drug-likeness (QED) is 0.271. The lowest BCUT2D eigenvalue weighted by molar-refractivity contribution is -0.192. The van der Waals surface area contributed by atoms with Gasteiger partial charge in [-0.3, -0.25) is 14.9 Å². The largest absolute Gasteiger partial charge is 0.493 e. The first-order chi connectivity index (χ1) is 19.8. The summed E-state index contributed by atoms with van der Waals surface area (Å²) in [6, 6.07) is 4.86. The van der Waals surface area contributed by atoms with E-state index in [0.29, 0.717) is 29.8 Å². The number of hydrogen-bond donors (Lipinski definition) is 3. The van der Waals surface area contributed by atoms with Crippen LogP contribution < -0.4 is 20.5 Å². The Balaban J connectivity index is 0.000000782. The SMILES string of the molecule is COc1ccc(CC(=O)NC(N)=N[C@H](CC2CCCCC2)C(=O)CC2CCN(C)CC2)cc1OC.O=C(O)C(F)(F)F. The average Bonchev–Trinajstić information content (AvgIpc) is 2.94. The number of amides is 1. The number of carboxylic acids is 1. The number of ketones is 1. The van der Waals surface area contributed by atoms with Gasteiger partial charge in [0.1, 0.15) is 6.04 Å². The number of carbonyl (C=O) groups excluding carboxylic acids is 2. The number of guanidine groups is 1. The lowest BCUT2D eigenvalue weighted by Gasteiger charge is -2.30. The Labute approximate surface area is 244 Å². The Morgan fingerprint density at radius 1 is 1.05 bits per heavy atom. The molecule has 0 bridgehead atoms. The number of ether oxygens (including phenoxy) is 2. The highest BCUT2D eigenvalue weighted by Gasteiger charge is 2.38. The summed E-state index contributed by atoms with van der Waals surface area (Å²) in [6.07, 6.45) is 4.34. The molecule has 1 amide bonds. The minimum absolute atomic E-state index is 0.0213. The number of Topliss-reactive ketones (excluding diaryl/α,β-unsaturated/α-hetero) is 1. The molecular weight excluding hydrogens is 557 g/mol. The molecule has 0 spiro atoms. The number of rotatable bonds is 10. The van der Waals surface area contributed by atoms with Gasteiger partial charge in [0.25, 0.3) is 0 Å². The van der Waals surface area contributed by atoms with Crippen LogP contribution in [-0.2, 0) is 20.8 Å². The van der Waals surface area contributed by atoms with E-state index in [9.17, 15) is 22.8 Å². The Morgan fingerprint density at radius 2 is 1.64 bits per heavy atom. The summed E-state index contributed by atoms with van der Waals surface area (Å²) in [6.45, 7) is 2.06. The summed E-state index contributed by atoms with van der Waals surface area (Å²) >= 11 is 0. The lowest BCUT2D eigenvalue weighted by Crippen LogP contribution is -2.40. The Hall–Kier alpha value is -3.35. The van der Waals surface area contributed by atoms with Crippen LogP contribution in [-0.4, -0.2) is 80.2 Å². The highest BCUT2D eigenvalue weighted by atomic mass is 19.4. The van der Waals surface area contributed by atoms with E-state index in [1.807, 2.05) is 6.07 Å². The summed E-state index contributed by atoms with van der Waals surface area (Å²) in [7, 11) is 5.25. The van der Waals surface area contributed by atoms with Crippen molar-refractivity contribution in [1.29, 1.82) is 0 Å². The monoisotopic (exact) mass is 600 g/mol. The molecule has 0 unspecified atom stereocenters. The summed E-state index contributed by atoms with van der Waals surface area (Å²) in [4.78, 5) is 41.7. The molecule has 42 heavy (non-hydrogen) atoms. The first-order valence-corrected chi connectivity index (χ1v) is 14.2. The molecule has 10 nitrogen and oxygen atoms in total. The molecule has 0 aromatic heterocycles. The van der Waals surface area contributed by atoms with Gasteiger partial charge in [0.2, 0.25) is 5.91 Å². The molecular formula is C29H43F3N4O6. The highest BCUT2D eigenvalue weighted by Crippen LogP contribution is 2.30. The lowest BCUT2D eigenvalue weighted by atomic mass is 9.82. The third-order valence-corrected chi connectivity index (χ3v) is 7.60. The number of alkyl halides is 3. The second-order valence-corrected chi connectivity index (χ2v) is 10.9. The zero-order chi connectivity index (χ0) is 31.3. The number of aliphatic carboxylic acids is 1. The van der Waals surface area contributed by atoms with Crippen LogP contribution in [0.5, 0.6) is 11.5 Å². The summed E-state index contributed by atoms with van der Waals surface area (Å²) in [5, 5.41) is 9.81. The van der Waals surface area contributed by atoms with Crippen molar-refractivity contribution in [2.24, 2.45) is 22.6 Å². The molecule has 1 saturated heterocycles. The van der Waals surface area contributed by atoms with Crippen molar-refractivity contribution < 1.29 is 42.1 Å². The van der Waals surface area contributed by atoms with E-state index in [1.165, 1.54) is 19.3 Å². The molecule has 236 valence electrons. The second-order valence-electron chi connectivity index (χ2n) is 10.9. The van der Waals surface area contributed by atoms with Crippen LogP contribution >= 0.6 is 0 Å². The maximum absolute atomic E-state index is 13.3. The Bertz CT molecular complexity index is 1070. The average molecular weight is 601 g/mol. The summed E-state index contributed by atoms with van der Waals surface area (Å²) in [5.41, 5.74) is 6.91. The van der Waals surface area contributed by atoms with Crippen molar-refractivity contribution in [3.05, 3.63) is 23.8 Å². The van der Waals surface area contributed by atoms with Crippen molar-refractivity contribution in [2.45, 2.75) is 76.4 Å². The van der Waals surface area contributed by atoms with Gasteiger partial charge >= 0.3 is 12.1 Å². The van der Waals surface area contributed by atoms with Crippen molar-refractivity contribution in [3.63, 3.8) is 0 Å². The number of piperidine rings is 1. The molecule has 1 aromatic rings. The van der Waals surface area contributed by atoms with Crippen molar-refractivity contribution in [1.82, 2.24) is 10.2 Å². The Kier molecular flexibility index (Phi) is 14.1. The molecule has 1 aliphatic heterocycles. The number of methoxy groups -OCH3 is 2. The predicted octanol–water partition coefficient (Wildman–Crippen LogP) is 3.95. The number of benzene rings is 1. The van der Waals surface area contributed by atoms with Gasteiger partial charge in [0.15, 0.2) is 23.2 Å². The molecule has 1 saturated carbocycles. The maximum atomic E-state index is 13.3. The fourth-order valence-electron chi connectivity index (χ4n) is 5.24. The number of carboxylic acid groups (broad SMARTS) is 1. The fraction of sp³-hybridized carbons (Fsp3) is 0.655. The standard InChI is InChI=1S/C27H42N4O4.C2HF3O2/c1-31-13-11-20(12-14-31)16-23(32)22(15-19-7-5-4-6-8-19)29-27(28)30-26(33)18-21-9-10-24(34-2)25(17-21)35-3;3-2(4,5)1(6)7/h9-10,17,19-20,22H,4-8,11-16,18H2,1-3H3,(H3,28,29,30,33);(H,6,7)/t22-;/m1./s1. The third-order valence-electron chi connectivity index (χ3n) is 7.60. The van der Waals surface area contributed by atoms with E-state index in [4.69, 9.17) is 25.1 Å². The highest BCUT2D eigenvalue weighted by molar-refractivity contribution is 5.98.